The molecule has 0 aliphatic carbocycles. The molecule has 0 radical (unpaired) electrons. The second kappa shape index (κ2) is 9.57. The number of benzene rings is 2. The zero-order valence-electron chi connectivity index (χ0n) is 13.9. The molecule has 0 fully saturated rings. The highest BCUT2D eigenvalue weighted by molar-refractivity contribution is 5.92. The first-order chi connectivity index (χ1) is 11.7. The molecule has 24 heavy (non-hydrogen) atoms. The first kappa shape index (κ1) is 17.8. The van der Waals surface area contributed by atoms with Gasteiger partial charge in [0, 0.05) is 18.2 Å². The Balaban J connectivity index is 1.74. The Hall–Kier alpha value is -2.53. The molecule has 1 amide bonds. The molecule has 2 aromatic carbocycles. The summed E-state index contributed by atoms with van der Waals surface area (Å²) in [5.41, 5.74) is 6.14. The topological polar surface area (TPSA) is 73.6 Å². The Morgan fingerprint density at radius 2 is 1.62 bits per heavy atom. The predicted octanol–water partition coefficient (Wildman–Crippen LogP) is 3.07. The highest BCUT2D eigenvalue weighted by Gasteiger charge is 2.13. The van der Waals surface area contributed by atoms with Gasteiger partial charge in [-0.3, -0.25) is 4.79 Å². The molecule has 0 aliphatic rings. The van der Waals surface area contributed by atoms with Gasteiger partial charge in [-0.05, 0) is 42.8 Å². The summed E-state index contributed by atoms with van der Waals surface area (Å²) in [5, 5.41) is 2.90. The average Bonchev–Trinajstić information content (AvgIpc) is 2.62. The maximum atomic E-state index is 12.2. The third kappa shape index (κ3) is 5.93. The molecule has 5 heteroatoms. The van der Waals surface area contributed by atoms with Crippen molar-refractivity contribution in [2.24, 2.45) is 11.7 Å². The third-order valence-corrected chi connectivity index (χ3v) is 3.52. The van der Waals surface area contributed by atoms with Gasteiger partial charge in [-0.2, -0.15) is 0 Å². The van der Waals surface area contributed by atoms with E-state index < -0.39 is 0 Å². The molecule has 0 aromatic heterocycles. The summed E-state index contributed by atoms with van der Waals surface area (Å²) in [5.74, 6) is 1.39. The highest BCUT2D eigenvalue weighted by atomic mass is 16.5. The fraction of sp³-hybridized carbons (Fsp3) is 0.316. The lowest BCUT2D eigenvalue weighted by atomic mass is 10.1. The molecule has 1 unspecified atom stereocenters. The molecular formula is C19H24N2O3. The number of para-hydroxylation sites is 1. The van der Waals surface area contributed by atoms with Crippen LogP contribution in [-0.2, 0) is 4.79 Å². The van der Waals surface area contributed by atoms with Crippen molar-refractivity contribution in [1.82, 2.24) is 0 Å². The van der Waals surface area contributed by atoms with Crippen molar-refractivity contribution in [2.45, 2.75) is 13.3 Å². The monoisotopic (exact) mass is 328 g/mol. The molecule has 0 saturated carbocycles. The van der Waals surface area contributed by atoms with Crippen LogP contribution in [0.4, 0.5) is 5.69 Å². The second-order valence-corrected chi connectivity index (χ2v) is 5.50. The SMILES string of the molecule is CC(CCOc1ccccc1)C(=O)Nc1ccc(OCCN)cc1. The summed E-state index contributed by atoms with van der Waals surface area (Å²) in [6.07, 6.45) is 0.651. The molecule has 128 valence electrons. The van der Waals surface area contributed by atoms with E-state index >= 15 is 0 Å². The van der Waals surface area contributed by atoms with E-state index in [4.69, 9.17) is 15.2 Å². The Kier molecular flexibility index (Phi) is 7.11. The van der Waals surface area contributed by atoms with Gasteiger partial charge < -0.3 is 20.5 Å². The maximum Gasteiger partial charge on any atom is 0.227 e. The van der Waals surface area contributed by atoms with Crippen LogP contribution in [0.3, 0.4) is 0 Å². The van der Waals surface area contributed by atoms with Gasteiger partial charge >= 0.3 is 0 Å². The minimum Gasteiger partial charge on any atom is -0.494 e. The number of nitrogens with two attached hydrogens (primary N) is 1. The lowest BCUT2D eigenvalue weighted by Gasteiger charge is -2.13. The summed E-state index contributed by atoms with van der Waals surface area (Å²) in [4.78, 5) is 12.2. The van der Waals surface area contributed by atoms with Gasteiger partial charge in [-0.25, -0.2) is 0 Å². The van der Waals surface area contributed by atoms with E-state index in [2.05, 4.69) is 5.32 Å². The first-order valence-corrected chi connectivity index (χ1v) is 8.10. The zero-order chi connectivity index (χ0) is 17.2. The van der Waals surface area contributed by atoms with E-state index in [0.29, 0.717) is 26.2 Å². The number of carbonyl (C=O) groups excluding carboxylic acids is 1. The van der Waals surface area contributed by atoms with Gasteiger partial charge in [-0.15, -0.1) is 0 Å². The largest absolute Gasteiger partial charge is 0.494 e. The number of hydrogen-bond donors (Lipinski definition) is 2. The molecule has 5 nitrogen and oxygen atoms in total. The lowest BCUT2D eigenvalue weighted by molar-refractivity contribution is -0.119. The molecule has 0 spiro atoms. The van der Waals surface area contributed by atoms with Crippen molar-refractivity contribution >= 4 is 11.6 Å². The maximum absolute atomic E-state index is 12.2. The Labute approximate surface area is 142 Å². The quantitative estimate of drug-likeness (QED) is 0.742. The van der Waals surface area contributed by atoms with Gasteiger partial charge in [0.15, 0.2) is 0 Å². The fourth-order valence-electron chi connectivity index (χ4n) is 2.08. The van der Waals surface area contributed by atoms with Crippen molar-refractivity contribution in [2.75, 3.05) is 25.1 Å². The van der Waals surface area contributed by atoms with Gasteiger partial charge in [-0.1, -0.05) is 25.1 Å². The number of anilines is 1. The smallest absolute Gasteiger partial charge is 0.227 e. The summed E-state index contributed by atoms with van der Waals surface area (Å²) in [6, 6.07) is 16.9. The summed E-state index contributed by atoms with van der Waals surface area (Å²) >= 11 is 0. The molecule has 3 N–H and O–H groups in total. The Morgan fingerprint density at radius 3 is 2.29 bits per heavy atom. The molecule has 0 saturated heterocycles. The van der Waals surface area contributed by atoms with Crippen LogP contribution in [-0.4, -0.2) is 25.7 Å². The van der Waals surface area contributed by atoms with Crippen molar-refractivity contribution in [1.29, 1.82) is 0 Å². The zero-order valence-corrected chi connectivity index (χ0v) is 13.9. The van der Waals surface area contributed by atoms with Crippen molar-refractivity contribution in [3.05, 3.63) is 54.6 Å². The molecule has 0 heterocycles. The van der Waals surface area contributed by atoms with E-state index in [-0.39, 0.29) is 11.8 Å². The minimum absolute atomic E-state index is 0.0257. The Bertz CT molecular complexity index is 614. The van der Waals surface area contributed by atoms with Crippen LogP contribution >= 0.6 is 0 Å². The normalized spacial score (nSPS) is 11.6. The minimum atomic E-state index is -0.137. The molecule has 1 atom stereocenters. The van der Waals surface area contributed by atoms with Crippen molar-refractivity contribution in [3.63, 3.8) is 0 Å². The standard InChI is InChI=1S/C19H24N2O3/c1-15(11-13-23-17-5-3-2-4-6-17)19(22)21-16-7-9-18(10-8-16)24-14-12-20/h2-10,15H,11-14,20H2,1H3,(H,21,22). The van der Waals surface area contributed by atoms with Gasteiger partial charge in [0.25, 0.3) is 0 Å². The van der Waals surface area contributed by atoms with Crippen LogP contribution in [0, 0.1) is 5.92 Å². The number of ether oxygens (including phenoxy) is 2. The number of hydrogen-bond acceptors (Lipinski definition) is 4. The van der Waals surface area contributed by atoms with E-state index in [1.165, 1.54) is 0 Å². The average molecular weight is 328 g/mol. The molecule has 0 bridgehead atoms. The van der Waals surface area contributed by atoms with E-state index in [9.17, 15) is 4.79 Å². The Morgan fingerprint density at radius 1 is 1.00 bits per heavy atom. The summed E-state index contributed by atoms with van der Waals surface area (Å²) in [7, 11) is 0. The fourth-order valence-corrected chi connectivity index (χ4v) is 2.08. The molecule has 2 aromatic rings. The second-order valence-electron chi connectivity index (χ2n) is 5.50. The van der Waals surface area contributed by atoms with Crippen LogP contribution in [0.15, 0.2) is 54.6 Å². The van der Waals surface area contributed by atoms with Gasteiger partial charge in [0.05, 0.1) is 6.61 Å². The summed E-state index contributed by atoms with van der Waals surface area (Å²) in [6.45, 7) is 3.35. The third-order valence-electron chi connectivity index (χ3n) is 3.52. The summed E-state index contributed by atoms with van der Waals surface area (Å²) < 4.78 is 11.0. The number of rotatable bonds is 9. The van der Waals surface area contributed by atoms with Gasteiger partial charge in [0.2, 0.25) is 5.91 Å². The van der Waals surface area contributed by atoms with Crippen LogP contribution in [0.5, 0.6) is 11.5 Å². The van der Waals surface area contributed by atoms with Crippen LogP contribution in [0.1, 0.15) is 13.3 Å². The number of carbonyl (C=O) groups is 1. The highest BCUT2D eigenvalue weighted by Crippen LogP contribution is 2.17. The molecular weight excluding hydrogens is 304 g/mol. The van der Waals surface area contributed by atoms with E-state index in [1.54, 1.807) is 0 Å². The van der Waals surface area contributed by atoms with Crippen LogP contribution < -0.4 is 20.5 Å². The lowest BCUT2D eigenvalue weighted by Crippen LogP contribution is -2.22. The van der Waals surface area contributed by atoms with Crippen LogP contribution in [0.25, 0.3) is 0 Å². The number of nitrogens with one attached hydrogen (secondary N) is 1. The van der Waals surface area contributed by atoms with Gasteiger partial charge in [0.1, 0.15) is 18.1 Å². The van der Waals surface area contributed by atoms with E-state index in [1.807, 2.05) is 61.5 Å². The first-order valence-electron chi connectivity index (χ1n) is 8.10. The predicted molar refractivity (Wildman–Crippen MR) is 95.3 cm³/mol. The number of amides is 1. The van der Waals surface area contributed by atoms with E-state index in [0.717, 1.165) is 17.2 Å². The molecule has 0 aliphatic heterocycles. The van der Waals surface area contributed by atoms with Crippen molar-refractivity contribution in [3.8, 4) is 11.5 Å². The van der Waals surface area contributed by atoms with Crippen LogP contribution in [0.2, 0.25) is 0 Å². The molecule has 2 rings (SSSR count). The van der Waals surface area contributed by atoms with Crippen molar-refractivity contribution < 1.29 is 14.3 Å².